The highest BCUT2D eigenvalue weighted by Gasteiger charge is 2.46. The summed E-state index contributed by atoms with van der Waals surface area (Å²) >= 11 is 6.00. The number of methoxy groups -OCH3 is 1. The van der Waals surface area contributed by atoms with E-state index in [1.54, 1.807) is 36.4 Å². The molecule has 0 radical (unpaired) electrons. The third-order valence-electron chi connectivity index (χ3n) is 5.95. The van der Waals surface area contributed by atoms with E-state index in [1.807, 2.05) is 13.8 Å². The molecule has 4 rings (SSSR count). The summed E-state index contributed by atoms with van der Waals surface area (Å²) in [6, 6.07) is 12.0. The van der Waals surface area contributed by atoms with E-state index >= 15 is 0 Å². The SMILES string of the molecule is COc1ccc(S(=O)(=O)N2CCC(=O)N3C2=CN(C(C)C)C(=O)C3Cc2ccc(Cl)cc2)cc1. The first kappa shape index (κ1) is 24.1. The van der Waals surface area contributed by atoms with Crippen molar-refractivity contribution in [3.8, 4) is 5.75 Å². The molecule has 0 spiro atoms. The maximum Gasteiger partial charge on any atom is 0.265 e. The van der Waals surface area contributed by atoms with E-state index in [0.29, 0.717) is 10.8 Å². The number of ether oxygens (including phenoxy) is 1. The molecule has 8 nitrogen and oxygen atoms in total. The molecule has 1 saturated heterocycles. The molecule has 10 heteroatoms. The molecule has 0 aliphatic carbocycles. The van der Waals surface area contributed by atoms with Gasteiger partial charge in [-0.25, -0.2) is 12.7 Å². The number of fused-ring (bicyclic) bond motifs is 1. The van der Waals surface area contributed by atoms with Crippen molar-refractivity contribution in [2.45, 2.75) is 43.7 Å². The summed E-state index contributed by atoms with van der Waals surface area (Å²) in [4.78, 5) is 29.4. The third kappa shape index (κ3) is 4.37. The van der Waals surface area contributed by atoms with Crippen LogP contribution in [-0.2, 0) is 26.0 Å². The normalized spacial score (nSPS) is 18.8. The molecule has 0 bridgehead atoms. The van der Waals surface area contributed by atoms with Crippen molar-refractivity contribution in [2.24, 2.45) is 0 Å². The minimum Gasteiger partial charge on any atom is -0.497 e. The van der Waals surface area contributed by atoms with Gasteiger partial charge in [0.15, 0.2) is 0 Å². The predicted octanol–water partition coefficient (Wildman–Crippen LogP) is 3.23. The lowest BCUT2D eigenvalue weighted by Crippen LogP contribution is -2.61. The number of hydrogen-bond donors (Lipinski definition) is 0. The van der Waals surface area contributed by atoms with Crippen LogP contribution >= 0.6 is 11.6 Å². The highest BCUT2D eigenvalue weighted by Crippen LogP contribution is 2.34. The first-order valence-electron chi connectivity index (χ1n) is 10.9. The van der Waals surface area contributed by atoms with Crippen LogP contribution in [0.2, 0.25) is 5.02 Å². The van der Waals surface area contributed by atoms with Crippen molar-refractivity contribution < 1.29 is 22.7 Å². The fraction of sp³-hybridized carbons (Fsp3) is 0.333. The van der Waals surface area contributed by atoms with Crippen LogP contribution in [0.1, 0.15) is 25.8 Å². The molecule has 2 heterocycles. The van der Waals surface area contributed by atoms with Gasteiger partial charge in [0.05, 0.1) is 12.0 Å². The minimum absolute atomic E-state index is 0.0106. The Bertz CT molecular complexity index is 1230. The van der Waals surface area contributed by atoms with Crippen molar-refractivity contribution in [2.75, 3.05) is 13.7 Å². The van der Waals surface area contributed by atoms with Crippen molar-refractivity contribution in [3.05, 3.63) is 71.1 Å². The smallest absolute Gasteiger partial charge is 0.265 e. The predicted molar refractivity (Wildman–Crippen MR) is 127 cm³/mol. The Morgan fingerprint density at radius 2 is 1.71 bits per heavy atom. The average Bonchev–Trinajstić information content (AvgIpc) is 2.81. The molecular formula is C24H26ClN3O5S. The first-order chi connectivity index (χ1) is 16.1. The number of rotatable bonds is 6. The zero-order chi connectivity index (χ0) is 24.6. The zero-order valence-electron chi connectivity index (χ0n) is 19.1. The Morgan fingerprint density at radius 3 is 2.29 bits per heavy atom. The maximum atomic E-state index is 13.6. The van der Waals surface area contributed by atoms with E-state index in [4.69, 9.17) is 16.3 Å². The van der Waals surface area contributed by atoms with Gasteiger partial charge in [-0.2, -0.15) is 0 Å². The molecule has 0 aromatic heterocycles. The Kier molecular flexibility index (Phi) is 6.60. The van der Waals surface area contributed by atoms with Gasteiger partial charge in [-0.3, -0.25) is 14.5 Å². The van der Waals surface area contributed by atoms with Gasteiger partial charge in [-0.1, -0.05) is 23.7 Å². The fourth-order valence-corrected chi connectivity index (χ4v) is 5.73. The van der Waals surface area contributed by atoms with Gasteiger partial charge in [0.1, 0.15) is 17.6 Å². The Balaban J connectivity index is 1.77. The van der Waals surface area contributed by atoms with Crippen molar-refractivity contribution >= 4 is 33.4 Å². The Morgan fingerprint density at radius 1 is 1.06 bits per heavy atom. The fourth-order valence-electron chi connectivity index (χ4n) is 4.15. The lowest BCUT2D eigenvalue weighted by molar-refractivity contribution is -0.148. The zero-order valence-corrected chi connectivity index (χ0v) is 20.7. The largest absolute Gasteiger partial charge is 0.497 e. The number of amides is 2. The van der Waals surface area contributed by atoms with Crippen LogP contribution in [0, 0.1) is 0 Å². The summed E-state index contributed by atoms with van der Waals surface area (Å²) in [5.74, 6) is 0.166. The summed E-state index contributed by atoms with van der Waals surface area (Å²) in [5, 5.41) is 0.564. The van der Waals surface area contributed by atoms with Crippen molar-refractivity contribution in [1.82, 2.24) is 14.1 Å². The second kappa shape index (κ2) is 9.31. The molecule has 1 unspecified atom stereocenters. The second-order valence-electron chi connectivity index (χ2n) is 8.44. The molecular weight excluding hydrogens is 478 g/mol. The van der Waals surface area contributed by atoms with Gasteiger partial charge >= 0.3 is 0 Å². The lowest BCUT2D eigenvalue weighted by Gasteiger charge is -2.46. The maximum absolute atomic E-state index is 13.6. The van der Waals surface area contributed by atoms with Crippen LogP contribution in [0.5, 0.6) is 5.75 Å². The molecule has 2 aliphatic heterocycles. The molecule has 2 aromatic rings. The van der Waals surface area contributed by atoms with E-state index < -0.39 is 16.1 Å². The second-order valence-corrected chi connectivity index (χ2v) is 10.7. The van der Waals surface area contributed by atoms with E-state index in [2.05, 4.69) is 0 Å². The van der Waals surface area contributed by atoms with Crippen molar-refractivity contribution in [3.63, 3.8) is 0 Å². The first-order valence-corrected chi connectivity index (χ1v) is 12.7. The quantitative estimate of drug-likeness (QED) is 0.604. The van der Waals surface area contributed by atoms with E-state index in [0.717, 1.165) is 5.56 Å². The highest BCUT2D eigenvalue weighted by molar-refractivity contribution is 7.89. The van der Waals surface area contributed by atoms with Crippen LogP contribution in [0.25, 0.3) is 0 Å². The van der Waals surface area contributed by atoms with Crippen LogP contribution in [0.15, 0.2) is 65.4 Å². The molecule has 1 fully saturated rings. The number of benzene rings is 2. The van der Waals surface area contributed by atoms with Crippen LogP contribution in [-0.4, -0.2) is 60.1 Å². The molecule has 2 amide bonds. The number of halogens is 1. The highest BCUT2D eigenvalue weighted by atomic mass is 35.5. The van der Waals surface area contributed by atoms with Gasteiger partial charge in [-0.15, -0.1) is 0 Å². The molecule has 2 aromatic carbocycles. The van der Waals surface area contributed by atoms with Gasteiger partial charge in [0.2, 0.25) is 11.8 Å². The van der Waals surface area contributed by atoms with E-state index in [1.165, 1.54) is 39.5 Å². The third-order valence-corrected chi connectivity index (χ3v) is 8.02. The van der Waals surface area contributed by atoms with Gasteiger partial charge in [0.25, 0.3) is 10.0 Å². The molecule has 0 N–H and O–H groups in total. The number of carbonyl (C=O) groups is 2. The van der Waals surface area contributed by atoms with Crippen LogP contribution < -0.4 is 4.74 Å². The van der Waals surface area contributed by atoms with Crippen LogP contribution in [0.3, 0.4) is 0 Å². The molecule has 0 saturated carbocycles. The number of hydrogen-bond acceptors (Lipinski definition) is 5. The van der Waals surface area contributed by atoms with Crippen LogP contribution in [0.4, 0.5) is 0 Å². The average molecular weight is 504 g/mol. The summed E-state index contributed by atoms with van der Waals surface area (Å²) < 4.78 is 33.5. The molecule has 1 atom stereocenters. The Hall–Kier alpha value is -3.04. The summed E-state index contributed by atoms with van der Waals surface area (Å²) in [6.07, 6.45) is 1.68. The minimum atomic E-state index is -3.99. The van der Waals surface area contributed by atoms with E-state index in [-0.39, 0.29) is 48.0 Å². The van der Waals surface area contributed by atoms with E-state index in [9.17, 15) is 18.0 Å². The number of carbonyl (C=O) groups excluding carboxylic acids is 2. The molecule has 2 aliphatic rings. The van der Waals surface area contributed by atoms with Gasteiger partial charge in [-0.05, 0) is 55.8 Å². The molecule has 180 valence electrons. The van der Waals surface area contributed by atoms with Gasteiger partial charge in [0, 0.05) is 36.7 Å². The van der Waals surface area contributed by atoms with Gasteiger partial charge < -0.3 is 9.64 Å². The number of nitrogens with zero attached hydrogens (tertiary/aromatic N) is 3. The molecule has 34 heavy (non-hydrogen) atoms. The monoisotopic (exact) mass is 503 g/mol. The Labute approximate surface area is 204 Å². The topological polar surface area (TPSA) is 87.2 Å². The summed E-state index contributed by atoms with van der Waals surface area (Å²) in [5.41, 5.74) is 0.815. The standard InChI is InChI=1S/C24H26ClN3O5S/c1-16(2)26-15-22-27(34(31,32)20-10-8-19(33-3)9-11-20)13-12-23(29)28(22)21(24(26)30)14-17-4-6-18(25)7-5-17/h4-11,15-16,21H,12-14H2,1-3H3. The lowest BCUT2D eigenvalue weighted by atomic mass is 10.00. The summed E-state index contributed by atoms with van der Waals surface area (Å²) in [7, 11) is -2.49. The number of sulfonamides is 1. The van der Waals surface area contributed by atoms with Crippen molar-refractivity contribution in [1.29, 1.82) is 0 Å². The summed E-state index contributed by atoms with van der Waals surface area (Å²) in [6.45, 7) is 3.68.